The molecule has 1 atom stereocenters. The highest BCUT2D eigenvalue weighted by atomic mass is 16.5. The molecule has 0 saturated heterocycles. The molecule has 3 nitrogen and oxygen atoms in total. The van der Waals surface area contributed by atoms with E-state index in [1.165, 1.54) is 6.26 Å². The number of ether oxygens (including phenoxy) is 1. The van der Waals surface area contributed by atoms with E-state index in [1.807, 2.05) is 13.0 Å². The molecule has 0 radical (unpaired) electrons. The fraction of sp³-hybridized carbons (Fsp3) is 0.444. The molecule has 0 aromatic rings. The van der Waals surface area contributed by atoms with Crippen LogP contribution in [0.5, 0.6) is 0 Å². The number of rotatable bonds is 3. The van der Waals surface area contributed by atoms with Gasteiger partial charge in [-0.3, -0.25) is 0 Å². The van der Waals surface area contributed by atoms with E-state index in [2.05, 4.69) is 0 Å². The summed E-state index contributed by atoms with van der Waals surface area (Å²) >= 11 is 0. The first-order valence-electron chi connectivity index (χ1n) is 4.00. The third kappa shape index (κ3) is 1.87. The van der Waals surface area contributed by atoms with Crippen molar-refractivity contribution in [1.29, 1.82) is 0 Å². The molecule has 0 amide bonds. The molecular formula is C9H12O3. The summed E-state index contributed by atoms with van der Waals surface area (Å²) in [4.78, 5) is 10.6. The van der Waals surface area contributed by atoms with Gasteiger partial charge in [0.25, 0.3) is 0 Å². The summed E-state index contributed by atoms with van der Waals surface area (Å²) in [6.07, 6.45) is 6.17. The number of carbonyl (C=O) groups is 1. The number of hydrogen-bond acceptors (Lipinski definition) is 2. The fourth-order valence-electron chi connectivity index (χ4n) is 1.05. The molecule has 1 aliphatic heterocycles. The van der Waals surface area contributed by atoms with Crippen LogP contribution in [0.15, 0.2) is 24.0 Å². The highest BCUT2D eigenvalue weighted by Gasteiger charge is 2.24. The zero-order valence-electron chi connectivity index (χ0n) is 6.99. The van der Waals surface area contributed by atoms with Gasteiger partial charge in [-0.15, -0.1) is 0 Å². The van der Waals surface area contributed by atoms with Gasteiger partial charge < -0.3 is 9.84 Å². The van der Waals surface area contributed by atoms with Crippen LogP contribution in [0, 0.1) is 0 Å². The van der Waals surface area contributed by atoms with E-state index in [0.29, 0.717) is 0 Å². The van der Waals surface area contributed by atoms with Gasteiger partial charge in [-0.2, -0.15) is 0 Å². The van der Waals surface area contributed by atoms with Crippen LogP contribution in [0.4, 0.5) is 0 Å². The molecule has 66 valence electrons. The SMILES string of the molecule is CCCC=C1C=COC1C(=O)O. The van der Waals surface area contributed by atoms with Gasteiger partial charge in [0.05, 0.1) is 6.26 Å². The van der Waals surface area contributed by atoms with Crippen LogP contribution >= 0.6 is 0 Å². The van der Waals surface area contributed by atoms with Crippen molar-refractivity contribution in [3.63, 3.8) is 0 Å². The number of carboxylic acid groups (broad SMARTS) is 1. The van der Waals surface area contributed by atoms with E-state index in [-0.39, 0.29) is 0 Å². The minimum absolute atomic E-state index is 0.754. The zero-order valence-corrected chi connectivity index (χ0v) is 6.99. The molecule has 0 spiro atoms. The molecule has 1 heterocycles. The van der Waals surface area contributed by atoms with E-state index < -0.39 is 12.1 Å². The molecule has 0 saturated carbocycles. The van der Waals surface area contributed by atoms with Crippen LogP contribution in [-0.2, 0) is 9.53 Å². The first-order chi connectivity index (χ1) is 5.75. The second-order valence-electron chi connectivity index (χ2n) is 2.65. The first kappa shape index (κ1) is 8.84. The third-order valence-corrected chi connectivity index (χ3v) is 1.67. The van der Waals surface area contributed by atoms with Crippen molar-refractivity contribution in [2.24, 2.45) is 0 Å². The van der Waals surface area contributed by atoms with Crippen molar-refractivity contribution < 1.29 is 14.6 Å². The average Bonchev–Trinajstić information content (AvgIpc) is 2.48. The Morgan fingerprint density at radius 2 is 2.58 bits per heavy atom. The molecular weight excluding hydrogens is 156 g/mol. The van der Waals surface area contributed by atoms with Gasteiger partial charge in [-0.05, 0) is 12.5 Å². The molecule has 1 aliphatic rings. The van der Waals surface area contributed by atoms with Crippen molar-refractivity contribution in [2.45, 2.75) is 25.9 Å². The summed E-state index contributed by atoms with van der Waals surface area (Å²) < 4.78 is 4.88. The Hall–Kier alpha value is -1.25. The average molecular weight is 168 g/mol. The quantitative estimate of drug-likeness (QED) is 0.697. The van der Waals surface area contributed by atoms with Crippen molar-refractivity contribution in [3.8, 4) is 0 Å². The maximum absolute atomic E-state index is 10.6. The van der Waals surface area contributed by atoms with Gasteiger partial charge in [0.2, 0.25) is 6.10 Å². The number of aliphatic carboxylic acids is 1. The second kappa shape index (κ2) is 3.95. The fourth-order valence-corrected chi connectivity index (χ4v) is 1.05. The zero-order chi connectivity index (χ0) is 8.97. The molecule has 0 aromatic heterocycles. The Bertz CT molecular complexity index is 228. The van der Waals surface area contributed by atoms with Crippen LogP contribution in [0.1, 0.15) is 19.8 Å². The summed E-state index contributed by atoms with van der Waals surface area (Å²) in [6, 6.07) is 0. The van der Waals surface area contributed by atoms with Gasteiger partial charge in [0, 0.05) is 5.57 Å². The lowest BCUT2D eigenvalue weighted by molar-refractivity contribution is -0.144. The largest absolute Gasteiger partial charge is 0.482 e. The molecule has 12 heavy (non-hydrogen) atoms. The maximum atomic E-state index is 10.6. The summed E-state index contributed by atoms with van der Waals surface area (Å²) in [5.41, 5.74) is 0.754. The lowest BCUT2D eigenvalue weighted by atomic mass is 10.1. The smallest absolute Gasteiger partial charge is 0.349 e. The highest BCUT2D eigenvalue weighted by Crippen LogP contribution is 2.17. The molecule has 3 heteroatoms. The van der Waals surface area contributed by atoms with Crippen molar-refractivity contribution in [1.82, 2.24) is 0 Å². The first-order valence-corrected chi connectivity index (χ1v) is 4.00. The Kier molecular flexibility index (Phi) is 2.91. The summed E-state index contributed by atoms with van der Waals surface area (Å²) in [5.74, 6) is -0.928. The van der Waals surface area contributed by atoms with Gasteiger partial charge in [-0.1, -0.05) is 19.4 Å². The Balaban J connectivity index is 2.62. The minimum Gasteiger partial charge on any atom is -0.482 e. The lowest BCUT2D eigenvalue weighted by Gasteiger charge is -2.05. The highest BCUT2D eigenvalue weighted by molar-refractivity contribution is 5.78. The third-order valence-electron chi connectivity index (χ3n) is 1.67. The number of hydrogen-bond donors (Lipinski definition) is 1. The second-order valence-corrected chi connectivity index (χ2v) is 2.65. The van der Waals surface area contributed by atoms with Crippen molar-refractivity contribution in [2.75, 3.05) is 0 Å². The van der Waals surface area contributed by atoms with E-state index in [0.717, 1.165) is 18.4 Å². The molecule has 1 N–H and O–H groups in total. The normalized spacial score (nSPS) is 24.4. The molecule has 0 aromatic carbocycles. The standard InChI is InChI=1S/C9H12O3/c1-2-3-4-7-5-6-12-8(7)9(10)11/h4-6,8H,2-3H2,1H3,(H,10,11). The van der Waals surface area contributed by atoms with E-state index in [9.17, 15) is 4.79 Å². The predicted octanol–water partition coefficient (Wildman–Crippen LogP) is 1.71. The van der Waals surface area contributed by atoms with Crippen molar-refractivity contribution in [3.05, 3.63) is 24.0 Å². The van der Waals surface area contributed by atoms with Gasteiger partial charge in [-0.25, -0.2) is 4.79 Å². The van der Waals surface area contributed by atoms with Crippen LogP contribution in [-0.4, -0.2) is 17.2 Å². The number of allylic oxidation sites excluding steroid dienone is 1. The van der Waals surface area contributed by atoms with Gasteiger partial charge in [0.15, 0.2) is 0 Å². The van der Waals surface area contributed by atoms with Crippen LogP contribution in [0.2, 0.25) is 0 Å². The van der Waals surface area contributed by atoms with Gasteiger partial charge in [0.1, 0.15) is 0 Å². The van der Waals surface area contributed by atoms with Crippen LogP contribution < -0.4 is 0 Å². The molecule has 0 bridgehead atoms. The number of carboxylic acids is 1. The number of unbranched alkanes of at least 4 members (excludes halogenated alkanes) is 1. The van der Waals surface area contributed by atoms with E-state index in [4.69, 9.17) is 9.84 Å². The Labute approximate surface area is 71.3 Å². The van der Waals surface area contributed by atoms with Crippen LogP contribution in [0.25, 0.3) is 0 Å². The summed E-state index contributed by atoms with van der Waals surface area (Å²) in [5, 5.41) is 8.68. The van der Waals surface area contributed by atoms with Crippen LogP contribution in [0.3, 0.4) is 0 Å². The Morgan fingerprint density at radius 1 is 1.83 bits per heavy atom. The maximum Gasteiger partial charge on any atom is 0.349 e. The molecule has 1 unspecified atom stereocenters. The Morgan fingerprint density at radius 3 is 3.17 bits per heavy atom. The topological polar surface area (TPSA) is 46.5 Å². The van der Waals surface area contributed by atoms with Crippen molar-refractivity contribution >= 4 is 5.97 Å². The van der Waals surface area contributed by atoms with E-state index >= 15 is 0 Å². The predicted molar refractivity (Wildman–Crippen MR) is 44.6 cm³/mol. The minimum atomic E-state index is -0.928. The molecule has 0 fully saturated rings. The molecule has 0 aliphatic carbocycles. The van der Waals surface area contributed by atoms with Gasteiger partial charge >= 0.3 is 5.97 Å². The summed E-state index contributed by atoms with van der Waals surface area (Å²) in [7, 11) is 0. The van der Waals surface area contributed by atoms with E-state index in [1.54, 1.807) is 6.08 Å². The monoisotopic (exact) mass is 168 g/mol. The lowest BCUT2D eigenvalue weighted by Crippen LogP contribution is -2.20. The summed E-state index contributed by atoms with van der Waals surface area (Å²) in [6.45, 7) is 2.05. The molecule has 1 rings (SSSR count).